The van der Waals surface area contributed by atoms with Gasteiger partial charge in [-0.25, -0.2) is 0 Å². The highest BCUT2D eigenvalue weighted by Crippen LogP contribution is 2.09. The summed E-state index contributed by atoms with van der Waals surface area (Å²) in [6, 6.07) is 16.6. The second-order valence-corrected chi connectivity index (χ2v) is 5.67. The van der Waals surface area contributed by atoms with E-state index >= 15 is 0 Å². The maximum Gasteiger partial charge on any atom is 0.303 e. The van der Waals surface area contributed by atoms with Gasteiger partial charge in [-0.2, -0.15) is 0 Å². The van der Waals surface area contributed by atoms with Crippen molar-refractivity contribution >= 4 is 11.8 Å². The lowest BCUT2D eigenvalue weighted by Gasteiger charge is -2.00. The van der Waals surface area contributed by atoms with Gasteiger partial charge in [-0.1, -0.05) is 55.2 Å². The fourth-order valence-corrected chi connectivity index (χ4v) is 2.08. The summed E-state index contributed by atoms with van der Waals surface area (Å²) in [5.41, 5.74) is 4.79. The van der Waals surface area contributed by atoms with Gasteiger partial charge in [-0.3, -0.25) is 4.79 Å². The molecule has 1 N–H and O–H groups in total. The molecule has 25 heavy (non-hydrogen) atoms. The highest BCUT2D eigenvalue weighted by atomic mass is 16.4. The lowest BCUT2D eigenvalue weighted by molar-refractivity contribution is -0.138. The van der Waals surface area contributed by atoms with Crippen molar-refractivity contribution in [3.05, 3.63) is 70.8 Å². The molecule has 0 spiro atoms. The minimum atomic E-state index is -0.916. The highest BCUT2D eigenvalue weighted by molar-refractivity contribution is 5.80. The minimum Gasteiger partial charge on any atom is -0.481 e. The monoisotopic (exact) mass is 336 g/mol. The largest absolute Gasteiger partial charge is 0.481 e. The van der Waals surface area contributed by atoms with E-state index in [-0.39, 0.29) is 18.6 Å². The van der Waals surface area contributed by atoms with E-state index in [4.69, 9.17) is 5.11 Å². The smallest absolute Gasteiger partial charge is 0.303 e. The summed E-state index contributed by atoms with van der Waals surface area (Å²) in [6.45, 7) is 5.63. The number of hydrogen-bond donors (Lipinski definition) is 1. The third-order valence-corrected chi connectivity index (χ3v) is 3.57. The molecule has 0 saturated carbocycles. The van der Waals surface area contributed by atoms with Crippen LogP contribution in [0.3, 0.4) is 0 Å². The number of carbonyl (C=O) groups excluding carboxylic acids is 1. The molecular weight excluding hydrogens is 312 g/mol. The molecular formula is C22H24O3. The Morgan fingerprint density at radius 1 is 0.920 bits per heavy atom. The fraction of sp³-hybridized carbons (Fsp3) is 0.273. The zero-order valence-electron chi connectivity index (χ0n) is 15.0. The van der Waals surface area contributed by atoms with Crippen LogP contribution in [0.1, 0.15) is 48.9 Å². The first-order valence-corrected chi connectivity index (χ1v) is 8.30. The van der Waals surface area contributed by atoms with Gasteiger partial charge in [0.05, 0.1) is 6.42 Å². The van der Waals surface area contributed by atoms with Gasteiger partial charge in [0.15, 0.2) is 0 Å². The standard InChI is InChI=1S/C17H16.C5H8O3/c1-3-15-9-6-7-11-17(15)13-12-16-10-5-4-8-14(16)2;1-4(6)2-3-5(7)8/h4-11H,3H2,1-2H3;2-3H2,1H3,(H,7,8). The Labute approximate surface area is 149 Å². The van der Waals surface area contributed by atoms with Gasteiger partial charge < -0.3 is 9.90 Å². The van der Waals surface area contributed by atoms with Crippen LogP contribution < -0.4 is 0 Å². The molecule has 3 nitrogen and oxygen atoms in total. The van der Waals surface area contributed by atoms with Crippen molar-refractivity contribution in [2.75, 3.05) is 0 Å². The van der Waals surface area contributed by atoms with Gasteiger partial charge in [-0.15, -0.1) is 0 Å². The normalized spacial score (nSPS) is 9.24. The number of rotatable bonds is 4. The predicted molar refractivity (Wildman–Crippen MR) is 101 cm³/mol. The van der Waals surface area contributed by atoms with Crippen molar-refractivity contribution in [1.29, 1.82) is 0 Å². The van der Waals surface area contributed by atoms with Crippen LogP contribution in [0, 0.1) is 18.8 Å². The molecule has 0 aliphatic carbocycles. The molecule has 0 atom stereocenters. The Hall–Kier alpha value is -2.86. The van der Waals surface area contributed by atoms with E-state index in [1.165, 1.54) is 18.1 Å². The Bertz CT molecular complexity index is 765. The summed E-state index contributed by atoms with van der Waals surface area (Å²) < 4.78 is 0. The number of hydrogen-bond acceptors (Lipinski definition) is 2. The SMILES string of the molecule is CC(=O)CCC(=O)O.CCc1ccccc1C#Cc1ccccc1C. The lowest BCUT2D eigenvalue weighted by Crippen LogP contribution is -1.98. The molecule has 3 heteroatoms. The van der Waals surface area contributed by atoms with Crippen molar-refractivity contribution in [3.63, 3.8) is 0 Å². The summed E-state index contributed by atoms with van der Waals surface area (Å²) in [4.78, 5) is 19.8. The Morgan fingerprint density at radius 2 is 1.48 bits per heavy atom. The van der Waals surface area contributed by atoms with Gasteiger partial charge in [0.1, 0.15) is 5.78 Å². The third-order valence-electron chi connectivity index (χ3n) is 3.57. The quantitative estimate of drug-likeness (QED) is 0.842. The van der Waals surface area contributed by atoms with Crippen molar-refractivity contribution < 1.29 is 14.7 Å². The highest BCUT2D eigenvalue weighted by Gasteiger charge is 1.98. The molecule has 0 fully saturated rings. The zero-order chi connectivity index (χ0) is 18.7. The van der Waals surface area contributed by atoms with Crippen molar-refractivity contribution in [2.24, 2.45) is 0 Å². The maximum atomic E-state index is 10.1. The lowest BCUT2D eigenvalue weighted by atomic mass is 10.0. The zero-order valence-corrected chi connectivity index (χ0v) is 15.0. The van der Waals surface area contributed by atoms with Crippen LogP contribution >= 0.6 is 0 Å². The fourth-order valence-electron chi connectivity index (χ4n) is 2.08. The molecule has 2 aromatic carbocycles. The molecule has 0 unspecified atom stereocenters. The second-order valence-electron chi connectivity index (χ2n) is 5.67. The summed E-state index contributed by atoms with van der Waals surface area (Å²) in [5, 5.41) is 8.01. The second kappa shape index (κ2) is 10.8. The minimum absolute atomic E-state index is 0.0463. The number of Topliss-reactive ketones (excluding diaryl/α,β-unsaturated/α-hetero) is 1. The first kappa shape index (κ1) is 20.2. The number of ketones is 1. The summed E-state index contributed by atoms with van der Waals surface area (Å²) in [6.07, 6.45) is 1.13. The number of aryl methyl sites for hydroxylation is 2. The first-order chi connectivity index (χ1) is 11.9. The van der Waals surface area contributed by atoms with Crippen LogP contribution in [-0.2, 0) is 16.0 Å². The van der Waals surface area contributed by atoms with E-state index in [9.17, 15) is 9.59 Å². The molecule has 0 aromatic heterocycles. The maximum absolute atomic E-state index is 10.1. The molecule has 0 bridgehead atoms. The van der Waals surface area contributed by atoms with Gasteiger partial charge >= 0.3 is 5.97 Å². The molecule has 2 aromatic rings. The van der Waals surface area contributed by atoms with Gasteiger partial charge in [0.25, 0.3) is 0 Å². The Kier molecular flexibility index (Phi) is 8.74. The molecule has 130 valence electrons. The van der Waals surface area contributed by atoms with Crippen LogP contribution in [-0.4, -0.2) is 16.9 Å². The van der Waals surface area contributed by atoms with Crippen LogP contribution in [0.5, 0.6) is 0 Å². The molecule has 0 aliphatic heterocycles. The average Bonchev–Trinajstić information content (AvgIpc) is 2.60. The topological polar surface area (TPSA) is 54.4 Å². The van der Waals surface area contributed by atoms with E-state index in [1.54, 1.807) is 0 Å². The van der Waals surface area contributed by atoms with E-state index in [2.05, 4.69) is 56.0 Å². The van der Waals surface area contributed by atoms with E-state index in [1.807, 2.05) is 18.2 Å². The van der Waals surface area contributed by atoms with Crippen molar-refractivity contribution in [2.45, 2.75) is 40.0 Å². The van der Waals surface area contributed by atoms with Gasteiger partial charge in [0, 0.05) is 17.5 Å². The molecule has 0 amide bonds. The van der Waals surface area contributed by atoms with Crippen LogP contribution in [0.15, 0.2) is 48.5 Å². The molecule has 0 aliphatic rings. The summed E-state index contributed by atoms with van der Waals surface area (Å²) >= 11 is 0. The van der Waals surface area contributed by atoms with Crippen LogP contribution in [0.2, 0.25) is 0 Å². The van der Waals surface area contributed by atoms with E-state index < -0.39 is 5.97 Å². The number of aliphatic carboxylic acids is 1. The van der Waals surface area contributed by atoms with Crippen molar-refractivity contribution in [1.82, 2.24) is 0 Å². The number of benzene rings is 2. The molecule has 0 heterocycles. The summed E-state index contributed by atoms with van der Waals surface area (Å²) in [7, 11) is 0. The third kappa shape index (κ3) is 7.99. The molecule has 0 saturated heterocycles. The van der Waals surface area contributed by atoms with Crippen LogP contribution in [0.25, 0.3) is 0 Å². The Morgan fingerprint density at radius 3 is 2.00 bits per heavy atom. The van der Waals surface area contributed by atoms with Crippen molar-refractivity contribution in [3.8, 4) is 11.8 Å². The molecule has 2 rings (SSSR count). The van der Waals surface area contributed by atoms with E-state index in [0.717, 1.165) is 17.5 Å². The van der Waals surface area contributed by atoms with Crippen LogP contribution in [0.4, 0.5) is 0 Å². The van der Waals surface area contributed by atoms with E-state index in [0.29, 0.717) is 0 Å². The van der Waals surface area contributed by atoms with Gasteiger partial charge in [-0.05, 0) is 43.5 Å². The predicted octanol–water partition coefficient (Wildman–Crippen LogP) is 4.40. The molecule has 0 radical (unpaired) electrons. The van der Waals surface area contributed by atoms with Gasteiger partial charge in [0.2, 0.25) is 0 Å². The Balaban J connectivity index is 0.000000333. The average molecular weight is 336 g/mol. The summed E-state index contributed by atoms with van der Waals surface area (Å²) in [5.74, 6) is 5.53. The number of carboxylic acid groups (broad SMARTS) is 1. The number of carbonyl (C=O) groups is 2. The first-order valence-electron chi connectivity index (χ1n) is 8.30. The number of carboxylic acids is 1.